The van der Waals surface area contributed by atoms with Gasteiger partial charge in [0, 0.05) is 26.2 Å². The molecule has 0 saturated carbocycles. The molecule has 3 rings (SSSR count). The third-order valence-corrected chi connectivity index (χ3v) is 5.27. The molecule has 1 unspecified atom stereocenters. The minimum absolute atomic E-state index is 0.0713. The van der Waals surface area contributed by atoms with Crippen LogP contribution in [0.25, 0.3) is 0 Å². The van der Waals surface area contributed by atoms with Gasteiger partial charge in [-0.15, -0.1) is 0 Å². The fourth-order valence-electron chi connectivity index (χ4n) is 3.71. The molecule has 32 heavy (non-hydrogen) atoms. The summed E-state index contributed by atoms with van der Waals surface area (Å²) in [7, 11) is 0. The molecule has 3 N–H and O–H groups in total. The highest BCUT2D eigenvalue weighted by Crippen LogP contribution is 2.34. The number of hydrogen-bond acceptors (Lipinski definition) is 5. The van der Waals surface area contributed by atoms with Crippen LogP contribution in [0.4, 0.5) is 18.9 Å². The van der Waals surface area contributed by atoms with Crippen LogP contribution < -0.4 is 11.1 Å². The van der Waals surface area contributed by atoms with Gasteiger partial charge in [-0.1, -0.05) is 24.3 Å². The smallest absolute Gasteiger partial charge is 0.368 e. The lowest BCUT2D eigenvalue weighted by Crippen LogP contribution is -2.51. The zero-order chi connectivity index (χ0) is 23.3. The van der Waals surface area contributed by atoms with Crippen molar-refractivity contribution in [3.8, 4) is 6.07 Å². The third kappa shape index (κ3) is 5.63. The van der Waals surface area contributed by atoms with Gasteiger partial charge >= 0.3 is 6.18 Å². The first kappa shape index (κ1) is 23.2. The molecule has 0 aliphatic carbocycles. The van der Waals surface area contributed by atoms with E-state index in [0.717, 1.165) is 6.07 Å². The number of rotatable bonds is 6. The monoisotopic (exact) mass is 445 g/mol. The van der Waals surface area contributed by atoms with E-state index in [9.17, 15) is 22.8 Å². The molecule has 10 heteroatoms. The topological polar surface area (TPSA) is 102 Å². The van der Waals surface area contributed by atoms with E-state index in [4.69, 9.17) is 11.0 Å². The molecule has 0 radical (unpaired) electrons. The molecule has 1 fully saturated rings. The second-order valence-electron chi connectivity index (χ2n) is 7.44. The van der Waals surface area contributed by atoms with Crippen LogP contribution in [0, 0.1) is 11.3 Å². The fraction of sp³-hybridized carbons (Fsp3) is 0.318. The molecule has 1 aliphatic heterocycles. The van der Waals surface area contributed by atoms with E-state index in [2.05, 4.69) is 5.32 Å². The van der Waals surface area contributed by atoms with Gasteiger partial charge in [0.2, 0.25) is 11.8 Å². The number of benzene rings is 2. The van der Waals surface area contributed by atoms with Crippen molar-refractivity contribution >= 4 is 17.5 Å². The highest BCUT2D eigenvalue weighted by Gasteiger charge is 2.34. The number of alkyl halides is 3. The van der Waals surface area contributed by atoms with Crippen LogP contribution in [0.2, 0.25) is 0 Å². The minimum Gasteiger partial charge on any atom is -0.368 e. The largest absolute Gasteiger partial charge is 0.418 e. The van der Waals surface area contributed by atoms with Crippen LogP contribution in [-0.4, -0.2) is 54.3 Å². The van der Waals surface area contributed by atoms with Crippen LogP contribution in [0.15, 0.2) is 48.5 Å². The summed E-state index contributed by atoms with van der Waals surface area (Å²) < 4.78 is 39.3. The van der Waals surface area contributed by atoms with E-state index < -0.39 is 29.6 Å². The van der Waals surface area contributed by atoms with Crippen molar-refractivity contribution in [2.24, 2.45) is 5.73 Å². The molecular weight excluding hydrogens is 423 g/mol. The number of nitriles is 1. The summed E-state index contributed by atoms with van der Waals surface area (Å²) in [6.45, 7) is 1.70. The molecule has 1 aliphatic rings. The number of nitrogens with one attached hydrogen (secondary N) is 1. The van der Waals surface area contributed by atoms with E-state index >= 15 is 0 Å². The first-order chi connectivity index (χ1) is 15.2. The van der Waals surface area contributed by atoms with Gasteiger partial charge in [0.1, 0.15) is 6.04 Å². The number of nitrogens with two attached hydrogens (primary N) is 1. The predicted octanol–water partition coefficient (Wildman–Crippen LogP) is 2.36. The van der Waals surface area contributed by atoms with Gasteiger partial charge < -0.3 is 11.1 Å². The Morgan fingerprint density at radius 3 is 2.25 bits per heavy atom. The average Bonchev–Trinajstić information content (AvgIpc) is 2.75. The van der Waals surface area contributed by atoms with E-state index in [1.54, 1.807) is 29.2 Å². The van der Waals surface area contributed by atoms with Gasteiger partial charge in [-0.25, -0.2) is 0 Å². The average molecular weight is 445 g/mol. The number of primary amides is 1. The lowest BCUT2D eigenvalue weighted by Gasteiger charge is -2.38. The molecule has 0 spiro atoms. The van der Waals surface area contributed by atoms with Crippen LogP contribution >= 0.6 is 0 Å². The number of anilines is 1. The molecule has 1 heterocycles. The van der Waals surface area contributed by atoms with Crippen molar-refractivity contribution in [2.45, 2.75) is 12.2 Å². The van der Waals surface area contributed by atoms with Crippen LogP contribution in [0.1, 0.15) is 22.7 Å². The zero-order valence-corrected chi connectivity index (χ0v) is 17.1. The van der Waals surface area contributed by atoms with Crippen LogP contribution in [-0.2, 0) is 15.8 Å². The summed E-state index contributed by atoms with van der Waals surface area (Å²) in [5.74, 6) is -1.07. The molecule has 0 aromatic heterocycles. The van der Waals surface area contributed by atoms with E-state index in [-0.39, 0.29) is 12.2 Å². The first-order valence-corrected chi connectivity index (χ1v) is 9.91. The fourth-order valence-corrected chi connectivity index (χ4v) is 3.71. The predicted molar refractivity (Wildman–Crippen MR) is 111 cm³/mol. The number of halogens is 3. The normalized spacial score (nSPS) is 16.2. The summed E-state index contributed by atoms with van der Waals surface area (Å²) in [6.07, 6.45) is -4.56. The molecule has 7 nitrogen and oxygen atoms in total. The molecule has 1 atom stereocenters. The van der Waals surface area contributed by atoms with Crippen molar-refractivity contribution in [3.63, 3.8) is 0 Å². The van der Waals surface area contributed by atoms with E-state index in [0.29, 0.717) is 37.3 Å². The van der Waals surface area contributed by atoms with Gasteiger partial charge in [-0.05, 0) is 29.8 Å². The lowest BCUT2D eigenvalue weighted by molar-refractivity contribution is -0.137. The molecule has 168 valence electrons. The Morgan fingerprint density at radius 2 is 1.69 bits per heavy atom. The Bertz CT molecular complexity index is 1010. The zero-order valence-electron chi connectivity index (χ0n) is 17.1. The number of piperazine rings is 1. The highest BCUT2D eigenvalue weighted by molar-refractivity contribution is 5.93. The molecule has 2 aromatic carbocycles. The van der Waals surface area contributed by atoms with Gasteiger partial charge in [-0.3, -0.25) is 19.4 Å². The maximum atomic E-state index is 13.1. The van der Waals surface area contributed by atoms with Crippen LogP contribution in [0.3, 0.4) is 0 Å². The number of hydrogen-bond donors (Lipinski definition) is 2. The van der Waals surface area contributed by atoms with Gasteiger partial charge in [-0.2, -0.15) is 18.4 Å². The maximum absolute atomic E-state index is 13.1. The standard InChI is InChI=1S/C22H22F3N5O2/c23-22(24,25)17-3-1-2-4-18(17)28-19(31)14-29-9-11-30(12-10-29)20(21(27)32)16-7-5-15(13-26)6-8-16/h1-8,20H,9-12,14H2,(H2,27,32)(H,28,31). The van der Waals surface area contributed by atoms with Gasteiger partial charge in [0.05, 0.1) is 29.4 Å². The van der Waals surface area contributed by atoms with Crippen molar-refractivity contribution in [1.82, 2.24) is 9.80 Å². The van der Waals surface area contributed by atoms with Gasteiger partial charge in [0.15, 0.2) is 0 Å². The van der Waals surface area contributed by atoms with Crippen molar-refractivity contribution in [2.75, 3.05) is 38.0 Å². The van der Waals surface area contributed by atoms with E-state index in [1.165, 1.54) is 18.2 Å². The Morgan fingerprint density at radius 1 is 1.06 bits per heavy atom. The Kier molecular flexibility index (Phi) is 7.12. The van der Waals surface area contributed by atoms with Crippen molar-refractivity contribution in [3.05, 3.63) is 65.2 Å². The van der Waals surface area contributed by atoms with E-state index in [1.807, 2.05) is 11.0 Å². The first-order valence-electron chi connectivity index (χ1n) is 9.91. The molecular formula is C22H22F3N5O2. The maximum Gasteiger partial charge on any atom is 0.418 e. The van der Waals surface area contributed by atoms with Gasteiger partial charge in [0.25, 0.3) is 0 Å². The van der Waals surface area contributed by atoms with Crippen LogP contribution in [0.5, 0.6) is 0 Å². The quantitative estimate of drug-likeness (QED) is 0.711. The summed E-state index contributed by atoms with van der Waals surface area (Å²) in [4.78, 5) is 28.1. The Balaban J connectivity index is 1.59. The summed E-state index contributed by atoms with van der Waals surface area (Å²) in [5, 5.41) is 11.3. The Hall–Kier alpha value is -3.42. The Labute approximate surface area is 183 Å². The second-order valence-corrected chi connectivity index (χ2v) is 7.44. The summed E-state index contributed by atoms with van der Waals surface area (Å²) in [6, 6.07) is 12.8. The summed E-state index contributed by atoms with van der Waals surface area (Å²) in [5.41, 5.74) is 5.57. The SMILES string of the molecule is N#Cc1ccc(C(C(N)=O)N2CCN(CC(=O)Nc3ccccc3C(F)(F)F)CC2)cc1. The number of amides is 2. The number of nitrogens with zero attached hydrogens (tertiary/aromatic N) is 3. The molecule has 2 amide bonds. The van der Waals surface area contributed by atoms with Crippen molar-refractivity contribution < 1.29 is 22.8 Å². The summed E-state index contributed by atoms with van der Waals surface area (Å²) >= 11 is 0. The second kappa shape index (κ2) is 9.80. The van der Waals surface area contributed by atoms with Crippen molar-refractivity contribution in [1.29, 1.82) is 5.26 Å². The number of carbonyl (C=O) groups is 2. The molecule has 2 aromatic rings. The lowest BCUT2D eigenvalue weighted by atomic mass is 10.0. The highest BCUT2D eigenvalue weighted by atomic mass is 19.4. The molecule has 0 bridgehead atoms. The third-order valence-electron chi connectivity index (χ3n) is 5.27. The minimum atomic E-state index is -4.56. The molecule has 1 saturated heterocycles. The number of para-hydroxylation sites is 1. The number of carbonyl (C=O) groups excluding carboxylic acids is 2.